The lowest BCUT2D eigenvalue weighted by molar-refractivity contribution is -0.128. The van der Waals surface area contributed by atoms with Crippen LogP contribution in [0.3, 0.4) is 0 Å². The molecule has 4 atom stereocenters. The number of hydrogen-bond donors (Lipinski definition) is 1. The molecule has 1 fully saturated rings. The van der Waals surface area contributed by atoms with Crippen LogP contribution in [0, 0.1) is 11.3 Å². The molecule has 1 nitrogen and oxygen atoms in total. The number of hydrogen-bond acceptors (Lipinski definition) is 2. The molecule has 2 heteroatoms. The van der Waals surface area contributed by atoms with Crippen molar-refractivity contribution in [3.05, 3.63) is 22.4 Å². The van der Waals surface area contributed by atoms with Crippen molar-refractivity contribution in [2.75, 3.05) is 0 Å². The van der Waals surface area contributed by atoms with E-state index in [4.69, 9.17) is 0 Å². The molecular weight excluding hydrogens is 192 g/mol. The quantitative estimate of drug-likeness (QED) is 0.794. The van der Waals surface area contributed by atoms with Crippen LogP contribution in [0.25, 0.3) is 0 Å². The van der Waals surface area contributed by atoms with Crippen molar-refractivity contribution in [1.82, 2.24) is 0 Å². The minimum absolute atomic E-state index is 0.0977. The fourth-order valence-corrected chi connectivity index (χ4v) is 3.71. The molecule has 0 amide bonds. The minimum atomic E-state index is -0.127. The highest BCUT2D eigenvalue weighted by atomic mass is 32.1. The lowest BCUT2D eigenvalue weighted by Crippen LogP contribution is -2.56. The number of aliphatic hydroxyl groups excluding tert-OH is 1. The molecule has 0 aromatic carbocycles. The van der Waals surface area contributed by atoms with Crippen LogP contribution in [-0.4, -0.2) is 11.2 Å². The van der Waals surface area contributed by atoms with Gasteiger partial charge in [0.05, 0.1) is 6.10 Å². The molecule has 2 rings (SSSR count). The maximum absolute atomic E-state index is 10.0. The van der Waals surface area contributed by atoms with E-state index in [1.54, 1.807) is 11.3 Å². The van der Waals surface area contributed by atoms with Gasteiger partial charge in [0.2, 0.25) is 0 Å². The highest BCUT2D eigenvalue weighted by Gasteiger charge is 2.55. The number of rotatable bonds is 2. The van der Waals surface area contributed by atoms with Crippen LogP contribution in [0.15, 0.2) is 16.8 Å². The monoisotopic (exact) mass is 210 g/mol. The predicted octanol–water partition coefficient (Wildman–Crippen LogP) is 3.26. The van der Waals surface area contributed by atoms with Crippen LogP contribution >= 0.6 is 11.3 Å². The smallest absolute Gasteiger partial charge is 0.0631 e. The summed E-state index contributed by atoms with van der Waals surface area (Å²) < 4.78 is 0. The van der Waals surface area contributed by atoms with E-state index in [9.17, 15) is 5.11 Å². The van der Waals surface area contributed by atoms with Crippen molar-refractivity contribution >= 4 is 11.3 Å². The summed E-state index contributed by atoms with van der Waals surface area (Å²) in [7, 11) is 0. The van der Waals surface area contributed by atoms with Gasteiger partial charge in [0.25, 0.3) is 0 Å². The minimum Gasteiger partial charge on any atom is -0.392 e. The van der Waals surface area contributed by atoms with Crippen molar-refractivity contribution in [2.45, 2.75) is 39.2 Å². The Hall–Kier alpha value is -0.340. The van der Waals surface area contributed by atoms with Gasteiger partial charge in [-0.25, -0.2) is 0 Å². The van der Waals surface area contributed by atoms with Gasteiger partial charge in [0.1, 0.15) is 0 Å². The summed E-state index contributed by atoms with van der Waals surface area (Å²) in [5.41, 5.74) is 1.51. The molecule has 1 saturated carbocycles. The third kappa shape index (κ3) is 1.17. The van der Waals surface area contributed by atoms with E-state index in [0.717, 1.165) is 6.42 Å². The SMILES string of the molecule is CCC1(C)C(O)C(C)C1c1ccsc1. The molecule has 1 aliphatic carbocycles. The van der Waals surface area contributed by atoms with E-state index >= 15 is 0 Å². The van der Waals surface area contributed by atoms with Crippen molar-refractivity contribution in [2.24, 2.45) is 11.3 Å². The first kappa shape index (κ1) is 10.2. The van der Waals surface area contributed by atoms with E-state index in [2.05, 4.69) is 37.6 Å². The summed E-state index contributed by atoms with van der Waals surface area (Å²) in [6.45, 7) is 6.54. The molecular formula is C12H18OS. The van der Waals surface area contributed by atoms with Gasteiger partial charge in [0, 0.05) is 5.41 Å². The van der Waals surface area contributed by atoms with Crippen molar-refractivity contribution in [1.29, 1.82) is 0 Å². The maximum Gasteiger partial charge on any atom is 0.0631 e. The van der Waals surface area contributed by atoms with Gasteiger partial charge in [-0.05, 0) is 40.6 Å². The zero-order valence-electron chi connectivity index (χ0n) is 9.03. The summed E-state index contributed by atoms with van der Waals surface area (Å²) in [6, 6.07) is 2.20. The average Bonchev–Trinajstić information content (AvgIpc) is 2.70. The van der Waals surface area contributed by atoms with Crippen molar-refractivity contribution in [3.8, 4) is 0 Å². The summed E-state index contributed by atoms with van der Waals surface area (Å²) >= 11 is 1.75. The summed E-state index contributed by atoms with van der Waals surface area (Å²) in [5, 5.41) is 14.4. The molecule has 0 bridgehead atoms. The largest absolute Gasteiger partial charge is 0.392 e. The zero-order valence-corrected chi connectivity index (χ0v) is 9.84. The molecule has 1 aromatic heterocycles. The van der Waals surface area contributed by atoms with Crippen molar-refractivity contribution < 1.29 is 5.11 Å². The lowest BCUT2D eigenvalue weighted by Gasteiger charge is -2.56. The Morgan fingerprint density at radius 3 is 2.79 bits per heavy atom. The third-order valence-electron chi connectivity index (χ3n) is 4.07. The topological polar surface area (TPSA) is 20.2 Å². The Morgan fingerprint density at radius 2 is 2.29 bits per heavy atom. The predicted molar refractivity (Wildman–Crippen MR) is 60.6 cm³/mol. The fourth-order valence-electron chi connectivity index (χ4n) is 3.01. The second-order valence-corrected chi connectivity index (χ2v) is 5.48. The summed E-state index contributed by atoms with van der Waals surface area (Å²) in [6.07, 6.45) is 0.927. The molecule has 78 valence electrons. The zero-order chi connectivity index (χ0) is 10.3. The van der Waals surface area contributed by atoms with E-state index in [1.165, 1.54) is 5.56 Å². The number of thiophene rings is 1. The number of aliphatic hydroxyl groups is 1. The normalized spacial score (nSPS) is 42.1. The molecule has 0 aliphatic heterocycles. The summed E-state index contributed by atoms with van der Waals surface area (Å²) in [4.78, 5) is 0. The molecule has 1 aliphatic rings. The Morgan fingerprint density at radius 1 is 1.57 bits per heavy atom. The van der Waals surface area contributed by atoms with Gasteiger partial charge in [-0.15, -0.1) is 0 Å². The van der Waals surface area contributed by atoms with Crippen LogP contribution in [0.1, 0.15) is 38.7 Å². The van der Waals surface area contributed by atoms with Gasteiger partial charge in [-0.1, -0.05) is 20.8 Å². The van der Waals surface area contributed by atoms with Gasteiger partial charge in [-0.2, -0.15) is 11.3 Å². The molecule has 1 N–H and O–H groups in total. The van der Waals surface area contributed by atoms with E-state index < -0.39 is 0 Å². The molecule has 4 unspecified atom stereocenters. The van der Waals surface area contributed by atoms with E-state index in [0.29, 0.717) is 11.8 Å². The Kier molecular flexibility index (Phi) is 2.44. The molecule has 1 aromatic rings. The molecule has 0 spiro atoms. The Labute approximate surface area is 89.8 Å². The first-order valence-electron chi connectivity index (χ1n) is 5.31. The maximum atomic E-state index is 10.0. The van der Waals surface area contributed by atoms with Crippen LogP contribution in [0.5, 0.6) is 0 Å². The first-order valence-corrected chi connectivity index (χ1v) is 6.25. The Bertz CT molecular complexity index is 306. The second kappa shape index (κ2) is 3.35. The van der Waals surface area contributed by atoms with Crippen molar-refractivity contribution in [3.63, 3.8) is 0 Å². The fraction of sp³-hybridized carbons (Fsp3) is 0.667. The molecule has 14 heavy (non-hydrogen) atoms. The van der Waals surface area contributed by atoms with Gasteiger partial charge < -0.3 is 5.11 Å². The lowest BCUT2D eigenvalue weighted by atomic mass is 9.50. The molecule has 0 saturated heterocycles. The second-order valence-electron chi connectivity index (χ2n) is 4.70. The highest BCUT2D eigenvalue weighted by molar-refractivity contribution is 7.08. The van der Waals surface area contributed by atoms with Gasteiger partial charge in [0.15, 0.2) is 0 Å². The van der Waals surface area contributed by atoms with Crippen LogP contribution in [0.4, 0.5) is 0 Å². The van der Waals surface area contributed by atoms with E-state index in [1.807, 2.05) is 0 Å². The third-order valence-corrected chi connectivity index (χ3v) is 4.78. The molecule has 1 heterocycles. The van der Waals surface area contributed by atoms with Crippen LogP contribution in [0.2, 0.25) is 0 Å². The molecule has 0 radical (unpaired) electrons. The Balaban J connectivity index is 2.28. The van der Waals surface area contributed by atoms with E-state index in [-0.39, 0.29) is 11.5 Å². The van der Waals surface area contributed by atoms with Gasteiger partial charge in [-0.3, -0.25) is 0 Å². The van der Waals surface area contributed by atoms with Crippen LogP contribution < -0.4 is 0 Å². The standard InChI is InChI=1S/C12H18OS/c1-4-12(3)10(8(2)11(12)13)9-5-6-14-7-9/h5-8,10-11,13H,4H2,1-3H3. The highest BCUT2D eigenvalue weighted by Crippen LogP contribution is 2.58. The summed E-state index contributed by atoms with van der Waals surface area (Å²) in [5.74, 6) is 0.961. The first-order chi connectivity index (χ1) is 6.61. The average molecular weight is 210 g/mol. The van der Waals surface area contributed by atoms with Gasteiger partial charge >= 0.3 is 0 Å². The van der Waals surface area contributed by atoms with Crippen LogP contribution in [-0.2, 0) is 0 Å².